The van der Waals surface area contributed by atoms with Crippen molar-refractivity contribution >= 4 is 0 Å². The average molecular weight is 223 g/mol. The highest BCUT2D eigenvalue weighted by Crippen LogP contribution is 2.04. The minimum Gasteiger partial charge on any atom is -0.392 e. The minimum atomic E-state index is 0.101. The van der Waals surface area contributed by atoms with E-state index in [9.17, 15) is 0 Å². The number of benzene rings is 1. The molecule has 16 heavy (non-hydrogen) atoms. The molecule has 0 saturated heterocycles. The molecular weight excluding hydrogens is 202 g/mol. The van der Waals surface area contributed by atoms with Gasteiger partial charge in [-0.15, -0.1) is 0 Å². The monoisotopic (exact) mass is 223 g/mol. The van der Waals surface area contributed by atoms with Crippen LogP contribution in [0, 0.1) is 0 Å². The molecule has 3 heteroatoms. The number of ether oxygens (including phenoxy) is 1. The molecular formula is C13H21NO2. The van der Waals surface area contributed by atoms with E-state index in [0.717, 1.165) is 25.3 Å². The largest absolute Gasteiger partial charge is 0.392 e. The van der Waals surface area contributed by atoms with Crippen LogP contribution in [0.15, 0.2) is 24.3 Å². The molecule has 0 atom stereocenters. The fourth-order valence-corrected chi connectivity index (χ4v) is 1.44. The molecule has 0 aliphatic heterocycles. The topological polar surface area (TPSA) is 41.5 Å². The second-order valence-electron chi connectivity index (χ2n) is 4.07. The zero-order chi connectivity index (χ0) is 11.8. The first-order valence-corrected chi connectivity index (χ1v) is 5.73. The third-order valence-electron chi connectivity index (χ3n) is 2.23. The Bertz CT molecular complexity index is 300. The Kier molecular flexibility index (Phi) is 6.08. The van der Waals surface area contributed by atoms with Crippen LogP contribution in [-0.2, 0) is 17.9 Å². The lowest BCUT2D eigenvalue weighted by Gasteiger charge is -2.09. The predicted octanol–water partition coefficient (Wildman–Crippen LogP) is 1.69. The SMILES string of the molecule is CC(C)OCCNCc1cccc(CO)c1. The van der Waals surface area contributed by atoms with Gasteiger partial charge in [-0.1, -0.05) is 24.3 Å². The van der Waals surface area contributed by atoms with E-state index in [2.05, 4.69) is 11.4 Å². The fraction of sp³-hybridized carbons (Fsp3) is 0.538. The molecule has 1 aromatic carbocycles. The van der Waals surface area contributed by atoms with Gasteiger partial charge in [0.05, 0.1) is 19.3 Å². The van der Waals surface area contributed by atoms with Crippen molar-refractivity contribution in [2.45, 2.75) is 33.1 Å². The van der Waals surface area contributed by atoms with Crippen molar-refractivity contribution in [2.75, 3.05) is 13.2 Å². The molecule has 0 unspecified atom stereocenters. The van der Waals surface area contributed by atoms with E-state index in [4.69, 9.17) is 9.84 Å². The van der Waals surface area contributed by atoms with Crippen LogP contribution in [0.3, 0.4) is 0 Å². The maximum absolute atomic E-state index is 8.99. The first kappa shape index (κ1) is 13.2. The van der Waals surface area contributed by atoms with Crippen molar-refractivity contribution < 1.29 is 9.84 Å². The minimum absolute atomic E-state index is 0.101. The summed E-state index contributed by atoms with van der Waals surface area (Å²) in [6, 6.07) is 7.95. The third-order valence-corrected chi connectivity index (χ3v) is 2.23. The van der Waals surface area contributed by atoms with E-state index in [1.54, 1.807) is 0 Å². The van der Waals surface area contributed by atoms with Gasteiger partial charge in [-0.2, -0.15) is 0 Å². The van der Waals surface area contributed by atoms with Gasteiger partial charge < -0.3 is 15.2 Å². The van der Waals surface area contributed by atoms with Gasteiger partial charge in [0, 0.05) is 13.1 Å². The second-order valence-corrected chi connectivity index (χ2v) is 4.07. The molecule has 0 amide bonds. The lowest BCUT2D eigenvalue weighted by molar-refractivity contribution is 0.0807. The highest BCUT2D eigenvalue weighted by molar-refractivity contribution is 5.22. The third kappa shape index (κ3) is 5.26. The van der Waals surface area contributed by atoms with Crippen LogP contribution in [0.4, 0.5) is 0 Å². The first-order valence-electron chi connectivity index (χ1n) is 5.73. The van der Waals surface area contributed by atoms with E-state index in [1.165, 1.54) is 5.56 Å². The van der Waals surface area contributed by atoms with E-state index in [0.29, 0.717) is 6.10 Å². The number of hydrogen-bond acceptors (Lipinski definition) is 3. The number of aliphatic hydroxyl groups excluding tert-OH is 1. The second kappa shape index (κ2) is 7.39. The van der Waals surface area contributed by atoms with Gasteiger partial charge in [-0.05, 0) is 25.0 Å². The van der Waals surface area contributed by atoms with Gasteiger partial charge in [-0.3, -0.25) is 0 Å². The van der Waals surface area contributed by atoms with Crippen LogP contribution in [-0.4, -0.2) is 24.4 Å². The molecule has 2 N–H and O–H groups in total. The molecule has 0 aliphatic rings. The Morgan fingerprint density at radius 1 is 1.31 bits per heavy atom. The molecule has 0 spiro atoms. The van der Waals surface area contributed by atoms with Gasteiger partial charge in [-0.25, -0.2) is 0 Å². The van der Waals surface area contributed by atoms with Crippen LogP contribution in [0.5, 0.6) is 0 Å². The molecule has 1 aromatic rings. The summed E-state index contributed by atoms with van der Waals surface area (Å²) >= 11 is 0. The molecule has 90 valence electrons. The Balaban J connectivity index is 2.21. The van der Waals surface area contributed by atoms with Crippen molar-refractivity contribution in [1.82, 2.24) is 5.32 Å². The smallest absolute Gasteiger partial charge is 0.0681 e. The normalized spacial score (nSPS) is 11.0. The summed E-state index contributed by atoms with van der Waals surface area (Å²) in [7, 11) is 0. The molecule has 3 nitrogen and oxygen atoms in total. The Labute approximate surface area is 97.4 Å². The van der Waals surface area contributed by atoms with Crippen LogP contribution in [0.1, 0.15) is 25.0 Å². The predicted molar refractivity (Wildman–Crippen MR) is 65.2 cm³/mol. The van der Waals surface area contributed by atoms with Gasteiger partial charge in [0.1, 0.15) is 0 Å². The van der Waals surface area contributed by atoms with Gasteiger partial charge in [0.25, 0.3) is 0 Å². The van der Waals surface area contributed by atoms with Crippen molar-refractivity contribution in [1.29, 1.82) is 0 Å². The summed E-state index contributed by atoms with van der Waals surface area (Å²) < 4.78 is 5.42. The van der Waals surface area contributed by atoms with Crippen LogP contribution in [0.25, 0.3) is 0 Å². The van der Waals surface area contributed by atoms with Crippen molar-refractivity contribution in [2.24, 2.45) is 0 Å². The Hall–Kier alpha value is -0.900. The number of hydrogen-bond donors (Lipinski definition) is 2. The van der Waals surface area contributed by atoms with Crippen molar-refractivity contribution in [3.05, 3.63) is 35.4 Å². The van der Waals surface area contributed by atoms with Gasteiger partial charge >= 0.3 is 0 Å². The zero-order valence-electron chi connectivity index (χ0n) is 10.1. The van der Waals surface area contributed by atoms with Gasteiger partial charge in [0.2, 0.25) is 0 Å². The van der Waals surface area contributed by atoms with Gasteiger partial charge in [0.15, 0.2) is 0 Å². The molecule has 0 radical (unpaired) electrons. The maximum atomic E-state index is 8.99. The van der Waals surface area contributed by atoms with Crippen molar-refractivity contribution in [3.8, 4) is 0 Å². The fourth-order valence-electron chi connectivity index (χ4n) is 1.44. The van der Waals surface area contributed by atoms with E-state index < -0.39 is 0 Å². The molecule has 0 fully saturated rings. The van der Waals surface area contributed by atoms with E-state index >= 15 is 0 Å². The highest BCUT2D eigenvalue weighted by Gasteiger charge is 1.96. The number of nitrogens with one attached hydrogen (secondary N) is 1. The average Bonchev–Trinajstić information content (AvgIpc) is 2.28. The summed E-state index contributed by atoms with van der Waals surface area (Å²) in [5.74, 6) is 0. The molecule has 0 heterocycles. The Morgan fingerprint density at radius 2 is 2.06 bits per heavy atom. The van der Waals surface area contributed by atoms with E-state index in [1.807, 2.05) is 32.0 Å². The van der Waals surface area contributed by atoms with Crippen molar-refractivity contribution in [3.63, 3.8) is 0 Å². The number of aliphatic hydroxyl groups is 1. The van der Waals surface area contributed by atoms with Crippen LogP contribution in [0.2, 0.25) is 0 Å². The lowest BCUT2D eigenvalue weighted by Crippen LogP contribution is -2.20. The summed E-state index contributed by atoms with van der Waals surface area (Å²) in [5.41, 5.74) is 2.15. The standard InChI is InChI=1S/C13H21NO2/c1-11(2)16-7-6-14-9-12-4-3-5-13(8-12)10-15/h3-5,8,11,14-15H,6-7,9-10H2,1-2H3. The molecule has 0 bridgehead atoms. The number of rotatable bonds is 7. The first-order chi connectivity index (χ1) is 7.72. The Morgan fingerprint density at radius 3 is 2.75 bits per heavy atom. The van der Waals surface area contributed by atoms with E-state index in [-0.39, 0.29) is 6.61 Å². The highest BCUT2D eigenvalue weighted by atomic mass is 16.5. The maximum Gasteiger partial charge on any atom is 0.0681 e. The summed E-state index contributed by atoms with van der Waals surface area (Å²) in [6.07, 6.45) is 0.291. The van der Waals surface area contributed by atoms with Crippen LogP contribution >= 0.6 is 0 Å². The zero-order valence-corrected chi connectivity index (χ0v) is 10.1. The van der Waals surface area contributed by atoms with Crippen LogP contribution < -0.4 is 5.32 Å². The summed E-state index contributed by atoms with van der Waals surface area (Å²) in [4.78, 5) is 0. The molecule has 0 saturated carbocycles. The molecule has 0 aromatic heterocycles. The summed E-state index contributed by atoms with van der Waals surface area (Å²) in [5, 5.41) is 12.3. The lowest BCUT2D eigenvalue weighted by atomic mass is 10.1. The molecule has 0 aliphatic carbocycles. The quantitative estimate of drug-likeness (QED) is 0.691. The molecule has 1 rings (SSSR count). The summed E-state index contributed by atoms with van der Waals surface area (Å²) in [6.45, 7) is 6.56.